The Hall–Kier alpha value is -1.32. The van der Waals surface area contributed by atoms with Crippen LogP contribution in [0, 0.1) is 6.92 Å². The summed E-state index contributed by atoms with van der Waals surface area (Å²) in [5.41, 5.74) is 2.08. The van der Waals surface area contributed by atoms with E-state index in [-0.39, 0.29) is 6.04 Å². The van der Waals surface area contributed by atoms with Gasteiger partial charge in [0.2, 0.25) is 0 Å². The predicted octanol–water partition coefficient (Wildman–Crippen LogP) is 3.49. The molecule has 0 saturated carbocycles. The average molecular weight is 251 g/mol. The second-order valence-electron chi connectivity index (χ2n) is 4.09. The molecule has 1 aromatic heterocycles. The fraction of sp³-hybridized carbons (Fsp3) is 0.308. The van der Waals surface area contributed by atoms with Gasteiger partial charge in [0.05, 0.1) is 5.69 Å². The lowest BCUT2D eigenvalue weighted by molar-refractivity contribution is 0.386. The third-order valence-corrected chi connectivity index (χ3v) is 2.85. The van der Waals surface area contributed by atoms with Crippen LogP contribution in [0.3, 0.4) is 0 Å². The molecule has 0 amide bonds. The number of halogens is 1. The van der Waals surface area contributed by atoms with Gasteiger partial charge < -0.3 is 9.84 Å². The molecule has 2 rings (SSSR count). The van der Waals surface area contributed by atoms with Crippen molar-refractivity contribution in [1.82, 2.24) is 10.5 Å². The maximum Gasteiger partial charge on any atom is 0.133 e. The minimum atomic E-state index is 0.228. The van der Waals surface area contributed by atoms with Crippen molar-refractivity contribution in [1.29, 1.82) is 0 Å². The zero-order valence-electron chi connectivity index (χ0n) is 9.90. The number of aromatic nitrogens is 1. The van der Waals surface area contributed by atoms with E-state index >= 15 is 0 Å². The molecular formula is C13H15ClN2O. The summed E-state index contributed by atoms with van der Waals surface area (Å²) >= 11 is 5.95. The molecule has 1 aromatic carbocycles. The molecule has 0 radical (unpaired) electrons. The second kappa shape index (κ2) is 5.34. The first-order valence-electron chi connectivity index (χ1n) is 5.56. The van der Waals surface area contributed by atoms with E-state index in [4.69, 9.17) is 16.1 Å². The van der Waals surface area contributed by atoms with E-state index in [9.17, 15) is 0 Å². The largest absolute Gasteiger partial charge is 0.361 e. The molecule has 4 heteroatoms. The van der Waals surface area contributed by atoms with Gasteiger partial charge in [0, 0.05) is 23.7 Å². The van der Waals surface area contributed by atoms with E-state index in [0.717, 1.165) is 22.0 Å². The molecule has 1 heterocycles. The summed E-state index contributed by atoms with van der Waals surface area (Å²) < 4.78 is 5.01. The molecule has 0 spiro atoms. The van der Waals surface area contributed by atoms with E-state index in [2.05, 4.69) is 23.5 Å². The molecular weight excluding hydrogens is 236 g/mol. The van der Waals surface area contributed by atoms with Crippen molar-refractivity contribution in [2.24, 2.45) is 0 Å². The molecule has 0 aliphatic heterocycles. The Kier molecular flexibility index (Phi) is 3.82. The maximum absolute atomic E-state index is 5.95. The fourth-order valence-electron chi connectivity index (χ4n) is 1.65. The van der Waals surface area contributed by atoms with E-state index in [1.165, 1.54) is 0 Å². The molecule has 0 saturated heterocycles. The van der Waals surface area contributed by atoms with Crippen molar-refractivity contribution in [3.63, 3.8) is 0 Å². The number of hydrogen-bond donors (Lipinski definition) is 1. The zero-order chi connectivity index (χ0) is 12.3. The first-order chi connectivity index (χ1) is 8.15. The van der Waals surface area contributed by atoms with Crippen LogP contribution in [0.1, 0.15) is 30.0 Å². The highest BCUT2D eigenvalue weighted by Crippen LogP contribution is 2.17. The van der Waals surface area contributed by atoms with Crippen molar-refractivity contribution in [2.75, 3.05) is 0 Å². The zero-order valence-corrected chi connectivity index (χ0v) is 10.7. The van der Waals surface area contributed by atoms with Crippen molar-refractivity contribution < 1.29 is 4.52 Å². The van der Waals surface area contributed by atoms with Gasteiger partial charge in [-0.2, -0.15) is 0 Å². The van der Waals surface area contributed by atoms with Crippen molar-refractivity contribution in [2.45, 2.75) is 26.4 Å². The van der Waals surface area contributed by atoms with E-state index in [1.807, 2.05) is 31.2 Å². The van der Waals surface area contributed by atoms with Crippen molar-refractivity contribution in [3.8, 4) is 0 Å². The van der Waals surface area contributed by atoms with Gasteiger partial charge in [-0.25, -0.2) is 0 Å². The minimum Gasteiger partial charge on any atom is -0.361 e. The van der Waals surface area contributed by atoms with Crippen LogP contribution >= 0.6 is 11.6 Å². The molecule has 0 aliphatic carbocycles. The summed E-state index contributed by atoms with van der Waals surface area (Å²) in [6.45, 7) is 4.67. The summed E-state index contributed by atoms with van der Waals surface area (Å²) in [7, 11) is 0. The van der Waals surface area contributed by atoms with Crippen molar-refractivity contribution >= 4 is 11.6 Å². The Labute approximate surface area is 106 Å². The van der Waals surface area contributed by atoms with Gasteiger partial charge in [-0.05, 0) is 31.5 Å². The number of rotatable bonds is 4. The first kappa shape index (κ1) is 12.1. The molecule has 90 valence electrons. The van der Waals surface area contributed by atoms with Crippen LogP contribution in [0.2, 0.25) is 5.02 Å². The van der Waals surface area contributed by atoms with Crippen molar-refractivity contribution in [3.05, 3.63) is 52.4 Å². The Morgan fingerprint density at radius 3 is 2.88 bits per heavy atom. The van der Waals surface area contributed by atoms with E-state index in [1.54, 1.807) is 0 Å². The molecule has 0 aliphatic rings. The SMILES string of the molecule is Cc1cc(CNC(C)c2cccc(Cl)c2)no1. The van der Waals surface area contributed by atoms with Gasteiger partial charge in [-0.15, -0.1) is 0 Å². The highest BCUT2D eigenvalue weighted by atomic mass is 35.5. The van der Waals surface area contributed by atoms with Gasteiger partial charge in [-0.3, -0.25) is 0 Å². The maximum atomic E-state index is 5.95. The Bertz CT molecular complexity index is 496. The monoisotopic (exact) mass is 250 g/mol. The van der Waals surface area contributed by atoms with Gasteiger partial charge in [-0.1, -0.05) is 28.9 Å². The highest BCUT2D eigenvalue weighted by molar-refractivity contribution is 6.30. The van der Waals surface area contributed by atoms with Crippen LogP contribution in [0.15, 0.2) is 34.9 Å². The van der Waals surface area contributed by atoms with Crippen LogP contribution in [-0.2, 0) is 6.54 Å². The summed E-state index contributed by atoms with van der Waals surface area (Å²) in [6.07, 6.45) is 0. The summed E-state index contributed by atoms with van der Waals surface area (Å²) in [5, 5.41) is 8.07. The van der Waals surface area contributed by atoms with Gasteiger partial charge >= 0.3 is 0 Å². The number of hydrogen-bond acceptors (Lipinski definition) is 3. The minimum absolute atomic E-state index is 0.228. The standard InChI is InChI=1S/C13H15ClN2O/c1-9-6-13(16-17-9)8-15-10(2)11-4-3-5-12(14)7-11/h3-7,10,15H,8H2,1-2H3. The topological polar surface area (TPSA) is 38.1 Å². The van der Waals surface area contributed by atoms with Crippen LogP contribution in [-0.4, -0.2) is 5.16 Å². The molecule has 1 atom stereocenters. The van der Waals surface area contributed by atoms with Gasteiger partial charge in [0.15, 0.2) is 0 Å². The molecule has 2 aromatic rings. The molecule has 1 unspecified atom stereocenters. The molecule has 0 bridgehead atoms. The molecule has 0 fully saturated rings. The third kappa shape index (κ3) is 3.32. The Morgan fingerprint density at radius 1 is 1.41 bits per heavy atom. The van der Waals surface area contributed by atoms with Crippen LogP contribution < -0.4 is 5.32 Å². The van der Waals surface area contributed by atoms with Crippen LogP contribution in [0.4, 0.5) is 0 Å². The normalized spacial score (nSPS) is 12.6. The lowest BCUT2D eigenvalue weighted by Gasteiger charge is -2.13. The van der Waals surface area contributed by atoms with Crippen LogP contribution in [0.25, 0.3) is 0 Å². The average Bonchev–Trinajstić information content (AvgIpc) is 2.72. The van der Waals surface area contributed by atoms with E-state index in [0.29, 0.717) is 6.54 Å². The Morgan fingerprint density at radius 2 is 2.24 bits per heavy atom. The van der Waals surface area contributed by atoms with Gasteiger partial charge in [0.1, 0.15) is 5.76 Å². The number of nitrogens with one attached hydrogen (secondary N) is 1. The number of benzene rings is 1. The molecule has 17 heavy (non-hydrogen) atoms. The second-order valence-corrected chi connectivity index (χ2v) is 4.52. The lowest BCUT2D eigenvalue weighted by Crippen LogP contribution is -2.18. The summed E-state index contributed by atoms with van der Waals surface area (Å²) in [5.74, 6) is 0.831. The summed E-state index contributed by atoms with van der Waals surface area (Å²) in [4.78, 5) is 0. The summed E-state index contributed by atoms with van der Waals surface area (Å²) in [6, 6.07) is 10.0. The Balaban J connectivity index is 1.95. The third-order valence-electron chi connectivity index (χ3n) is 2.61. The quantitative estimate of drug-likeness (QED) is 0.903. The van der Waals surface area contributed by atoms with E-state index < -0.39 is 0 Å². The smallest absolute Gasteiger partial charge is 0.133 e. The fourth-order valence-corrected chi connectivity index (χ4v) is 1.85. The number of aryl methyl sites for hydroxylation is 1. The lowest BCUT2D eigenvalue weighted by atomic mass is 10.1. The molecule has 3 nitrogen and oxygen atoms in total. The molecule has 1 N–H and O–H groups in total. The van der Waals surface area contributed by atoms with Crippen LogP contribution in [0.5, 0.6) is 0 Å². The van der Waals surface area contributed by atoms with Gasteiger partial charge in [0.25, 0.3) is 0 Å². The predicted molar refractivity (Wildman–Crippen MR) is 67.9 cm³/mol. The first-order valence-corrected chi connectivity index (χ1v) is 5.94. The highest BCUT2D eigenvalue weighted by Gasteiger charge is 2.06. The number of nitrogens with zero attached hydrogens (tertiary/aromatic N) is 1.